The highest BCUT2D eigenvalue weighted by atomic mass is 16.5. The molecule has 2 aromatic heterocycles. The number of methoxy groups -OCH3 is 1. The van der Waals surface area contributed by atoms with E-state index in [9.17, 15) is 0 Å². The van der Waals surface area contributed by atoms with E-state index in [0.717, 1.165) is 37.5 Å². The van der Waals surface area contributed by atoms with Crippen LogP contribution in [0.1, 0.15) is 12.8 Å². The number of pyridine rings is 1. The molecule has 0 amide bonds. The molecule has 0 saturated carbocycles. The number of imidazole rings is 1. The second-order valence-corrected chi connectivity index (χ2v) is 4.31. The van der Waals surface area contributed by atoms with Crippen LogP contribution in [0, 0.1) is 0 Å². The monoisotopic (exact) mass is 263 g/mol. The van der Waals surface area contributed by atoms with Crippen LogP contribution in [0.15, 0.2) is 30.6 Å². The van der Waals surface area contributed by atoms with Crippen molar-refractivity contribution >= 4 is 11.5 Å². The van der Waals surface area contributed by atoms with Crippen molar-refractivity contribution < 1.29 is 9.47 Å². The van der Waals surface area contributed by atoms with Crippen molar-refractivity contribution in [3.63, 3.8) is 0 Å². The Morgan fingerprint density at radius 1 is 1.21 bits per heavy atom. The fourth-order valence-corrected chi connectivity index (χ4v) is 1.88. The SMILES string of the molecule is COCCOCCCCNc1cccc2nccn12. The zero-order chi connectivity index (χ0) is 13.3. The summed E-state index contributed by atoms with van der Waals surface area (Å²) >= 11 is 0. The van der Waals surface area contributed by atoms with E-state index >= 15 is 0 Å². The van der Waals surface area contributed by atoms with Gasteiger partial charge in [0.25, 0.3) is 0 Å². The minimum atomic E-state index is 0.668. The van der Waals surface area contributed by atoms with E-state index in [4.69, 9.17) is 9.47 Å². The van der Waals surface area contributed by atoms with Crippen molar-refractivity contribution in [2.45, 2.75) is 12.8 Å². The summed E-state index contributed by atoms with van der Waals surface area (Å²) in [5.74, 6) is 1.08. The summed E-state index contributed by atoms with van der Waals surface area (Å²) in [4.78, 5) is 4.26. The van der Waals surface area contributed by atoms with E-state index in [2.05, 4.69) is 20.8 Å². The fourth-order valence-electron chi connectivity index (χ4n) is 1.88. The predicted molar refractivity (Wildman–Crippen MR) is 75.6 cm³/mol. The number of ether oxygens (including phenoxy) is 2. The Morgan fingerprint density at radius 2 is 2.16 bits per heavy atom. The third-order valence-corrected chi connectivity index (χ3v) is 2.88. The molecule has 2 aromatic rings. The first kappa shape index (κ1) is 13.8. The summed E-state index contributed by atoms with van der Waals surface area (Å²) in [6, 6.07) is 6.07. The van der Waals surface area contributed by atoms with E-state index in [1.807, 2.05) is 24.5 Å². The summed E-state index contributed by atoms with van der Waals surface area (Å²) in [7, 11) is 1.68. The minimum absolute atomic E-state index is 0.668. The molecular formula is C14H21N3O2. The standard InChI is InChI=1S/C14H21N3O2/c1-18-11-12-19-10-3-2-7-15-13-5-4-6-14-16-8-9-17(13)14/h4-6,8-9,15H,2-3,7,10-12H2,1H3. The first-order chi connectivity index (χ1) is 9.42. The van der Waals surface area contributed by atoms with Gasteiger partial charge in [0, 0.05) is 32.7 Å². The molecular weight excluding hydrogens is 242 g/mol. The van der Waals surface area contributed by atoms with Crippen LogP contribution in [-0.2, 0) is 9.47 Å². The molecule has 2 heterocycles. The predicted octanol–water partition coefficient (Wildman–Crippen LogP) is 2.19. The molecule has 2 rings (SSSR count). The van der Waals surface area contributed by atoms with E-state index < -0.39 is 0 Å². The molecule has 5 heteroatoms. The first-order valence-corrected chi connectivity index (χ1v) is 6.64. The molecule has 0 unspecified atom stereocenters. The van der Waals surface area contributed by atoms with Crippen molar-refractivity contribution in [3.8, 4) is 0 Å². The van der Waals surface area contributed by atoms with Crippen LogP contribution in [0.5, 0.6) is 0 Å². The molecule has 0 radical (unpaired) electrons. The fraction of sp³-hybridized carbons (Fsp3) is 0.500. The highest BCUT2D eigenvalue weighted by Crippen LogP contribution is 2.10. The number of hydrogen-bond acceptors (Lipinski definition) is 4. The van der Waals surface area contributed by atoms with Gasteiger partial charge in [0.15, 0.2) is 0 Å². The van der Waals surface area contributed by atoms with Crippen LogP contribution in [0.2, 0.25) is 0 Å². The smallest absolute Gasteiger partial charge is 0.138 e. The topological polar surface area (TPSA) is 47.8 Å². The maximum absolute atomic E-state index is 5.42. The lowest BCUT2D eigenvalue weighted by Crippen LogP contribution is -2.08. The van der Waals surface area contributed by atoms with Gasteiger partial charge in [-0.3, -0.25) is 4.40 Å². The van der Waals surface area contributed by atoms with E-state index in [1.54, 1.807) is 7.11 Å². The highest BCUT2D eigenvalue weighted by molar-refractivity contribution is 5.49. The number of fused-ring (bicyclic) bond motifs is 1. The largest absolute Gasteiger partial charge is 0.382 e. The van der Waals surface area contributed by atoms with Crippen molar-refractivity contribution in [2.24, 2.45) is 0 Å². The zero-order valence-corrected chi connectivity index (χ0v) is 11.3. The van der Waals surface area contributed by atoms with Gasteiger partial charge in [-0.15, -0.1) is 0 Å². The van der Waals surface area contributed by atoms with Crippen molar-refractivity contribution in [1.29, 1.82) is 0 Å². The van der Waals surface area contributed by atoms with Crippen LogP contribution >= 0.6 is 0 Å². The van der Waals surface area contributed by atoms with Gasteiger partial charge in [-0.2, -0.15) is 0 Å². The number of aromatic nitrogens is 2. The van der Waals surface area contributed by atoms with Crippen LogP contribution in [0.25, 0.3) is 5.65 Å². The second-order valence-electron chi connectivity index (χ2n) is 4.31. The molecule has 104 valence electrons. The first-order valence-electron chi connectivity index (χ1n) is 6.64. The Kier molecular flexibility index (Phi) is 5.65. The van der Waals surface area contributed by atoms with Gasteiger partial charge in [-0.05, 0) is 25.0 Å². The number of rotatable bonds is 9. The molecule has 0 aliphatic rings. The quantitative estimate of drug-likeness (QED) is 0.705. The summed E-state index contributed by atoms with van der Waals surface area (Å²) in [5.41, 5.74) is 0.966. The van der Waals surface area contributed by atoms with Gasteiger partial charge < -0.3 is 14.8 Å². The number of hydrogen-bond donors (Lipinski definition) is 1. The zero-order valence-electron chi connectivity index (χ0n) is 11.3. The van der Waals surface area contributed by atoms with E-state index in [-0.39, 0.29) is 0 Å². The number of nitrogens with one attached hydrogen (secondary N) is 1. The molecule has 1 N–H and O–H groups in total. The average molecular weight is 263 g/mol. The average Bonchev–Trinajstić information content (AvgIpc) is 2.91. The maximum Gasteiger partial charge on any atom is 0.138 e. The minimum Gasteiger partial charge on any atom is -0.382 e. The van der Waals surface area contributed by atoms with Crippen LogP contribution in [0.4, 0.5) is 5.82 Å². The molecule has 19 heavy (non-hydrogen) atoms. The summed E-state index contributed by atoms with van der Waals surface area (Å²) in [6.07, 6.45) is 5.91. The van der Waals surface area contributed by atoms with Gasteiger partial charge in [0.05, 0.1) is 13.2 Å². The molecule has 0 aromatic carbocycles. The maximum atomic E-state index is 5.42. The molecule has 0 aliphatic heterocycles. The number of anilines is 1. The lowest BCUT2D eigenvalue weighted by Gasteiger charge is -2.09. The Balaban J connectivity index is 1.64. The van der Waals surface area contributed by atoms with Gasteiger partial charge >= 0.3 is 0 Å². The van der Waals surface area contributed by atoms with E-state index in [1.165, 1.54) is 0 Å². The molecule has 0 atom stereocenters. The molecule has 0 spiro atoms. The normalized spacial score (nSPS) is 11.0. The van der Waals surface area contributed by atoms with Crippen molar-refractivity contribution in [3.05, 3.63) is 30.6 Å². The van der Waals surface area contributed by atoms with Gasteiger partial charge in [0.2, 0.25) is 0 Å². The molecule has 0 bridgehead atoms. The Morgan fingerprint density at radius 3 is 3.05 bits per heavy atom. The second kappa shape index (κ2) is 7.76. The van der Waals surface area contributed by atoms with Crippen LogP contribution in [0.3, 0.4) is 0 Å². The van der Waals surface area contributed by atoms with Crippen molar-refractivity contribution in [1.82, 2.24) is 9.38 Å². The number of unbranched alkanes of at least 4 members (excludes halogenated alkanes) is 1. The third-order valence-electron chi connectivity index (χ3n) is 2.88. The Bertz CT molecular complexity index is 484. The summed E-state index contributed by atoms with van der Waals surface area (Å²) in [6.45, 7) is 3.07. The lowest BCUT2D eigenvalue weighted by molar-refractivity contribution is 0.0691. The van der Waals surface area contributed by atoms with Gasteiger partial charge in [-0.1, -0.05) is 6.07 Å². The van der Waals surface area contributed by atoms with Crippen LogP contribution in [-0.4, -0.2) is 42.9 Å². The lowest BCUT2D eigenvalue weighted by atomic mass is 10.3. The molecule has 0 aliphatic carbocycles. The van der Waals surface area contributed by atoms with E-state index in [0.29, 0.717) is 13.2 Å². The van der Waals surface area contributed by atoms with Crippen molar-refractivity contribution in [2.75, 3.05) is 38.8 Å². The Hall–Kier alpha value is -1.59. The molecule has 0 saturated heterocycles. The Labute approximate surface area is 113 Å². The van der Waals surface area contributed by atoms with Gasteiger partial charge in [0.1, 0.15) is 11.5 Å². The number of nitrogens with zero attached hydrogens (tertiary/aromatic N) is 2. The summed E-state index contributed by atoms with van der Waals surface area (Å²) in [5, 5.41) is 3.42. The third kappa shape index (κ3) is 4.22. The highest BCUT2D eigenvalue weighted by Gasteiger charge is 1.99. The molecule has 5 nitrogen and oxygen atoms in total. The molecule has 0 fully saturated rings. The van der Waals surface area contributed by atoms with Crippen LogP contribution < -0.4 is 5.32 Å². The van der Waals surface area contributed by atoms with Gasteiger partial charge in [-0.25, -0.2) is 4.98 Å². The summed E-state index contributed by atoms with van der Waals surface area (Å²) < 4.78 is 12.4.